The van der Waals surface area contributed by atoms with E-state index in [1.54, 1.807) is 0 Å². The molecule has 3 rings (SSSR count). The van der Waals surface area contributed by atoms with Gasteiger partial charge in [-0.1, -0.05) is 35.3 Å². The molecule has 3 nitrogen and oxygen atoms in total. The molecule has 1 heterocycles. The Morgan fingerprint density at radius 3 is 2.38 bits per heavy atom. The molecular weight excluding hydrogens is 343 g/mol. The first-order chi connectivity index (χ1) is 11.7. The van der Waals surface area contributed by atoms with Crippen molar-refractivity contribution in [2.24, 2.45) is 0 Å². The van der Waals surface area contributed by atoms with Crippen LogP contribution in [0.25, 0.3) is 0 Å². The molecule has 1 aliphatic rings. The number of halogens is 2. The lowest BCUT2D eigenvalue weighted by Crippen LogP contribution is -2.45. The molecule has 1 unspecified atom stereocenters. The Balaban J connectivity index is 2.06. The van der Waals surface area contributed by atoms with Crippen LogP contribution in [0, 0.1) is 0 Å². The van der Waals surface area contributed by atoms with Crippen LogP contribution in [0.1, 0.15) is 24.1 Å². The average molecular weight is 365 g/mol. The molecule has 0 aliphatic carbocycles. The highest BCUT2D eigenvalue weighted by Gasteiger charge is 2.26. The predicted octanol–water partition coefficient (Wildman–Crippen LogP) is 4.39. The molecule has 0 amide bonds. The van der Waals surface area contributed by atoms with Gasteiger partial charge in [0, 0.05) is 41.8 Å². The minimum atomic E-state index is 0.101. The fourth-order valence-electron chi connectivity index (χ4n) is 3.19. The molecule has 5 heteroatoms. The first-order valence-corrected chi connectivity index (χ1v) is 9.07. The van der Waals surface area contributed by atoms with E-state index >= 15 is 0 Å². The Morgan fingerprint density at radius 1 is 1.04 bits per heavy atom. The van der Waals surface area contributed by atoms with E-state index in [4.69, 9.17) is 27.9 Å². The zero-order valence-electron chi connectivity index (χ0n) is 13.8. The second-order valence-electron chi connectivity index (χ2n) is 5.86. The Morgan fingerprint density at radius 2 is 1.71 bits per heavy atom. The van der Waals surface area contributed by atoms with E-state index < -0.39 is 0 Å². The van der Waals surface area contributed by atoms with Gasteiger partial charge in [0.15, 0.2) is 0 Å². The average Bonchev–Trinajstić information content (AvgIpc) is 2.60. The minimum absolute atomic E-state index is 0.101. The van der Waals surface area contributed by atoms with Crippen LogP contribution in [-0.2, 0) is 0 Å². The summed E-state index contributed by atoms with van der Waals surface area (Å²) in [7, 11) is 0. The van der Waals surface area contributed by atoms with Crippen molar-refractivity contribution in [1.29, 1.82) is 0 Å². The van der Waals surface area contributed by atoms with Crippen molar-refractivity contribution >= 4 is 23.2 Å². The summed E-state index contributed by atoms with van der Waals surface area (Å²) in [5.74, 6) is 0.889. The fourth-order valence-corrected chi connectivity index (χ4v) is 3.50. The van der Waals surface area contributed by atoms with E-state index in [0.29, 0.717) is 6.61 Å². The maximum atomic E-state index is 6.31. The number of piperazine rings is 1. The summed E-state index contributed by atoms with van der Waals surface area (Å²) in [6.45, 7) is 6.55. The van der Waals surface area contributed by atoms with Crippen LogP contribution in [0.15, 0.2) is 42.5 Å². The van der Waals surface area contributed by atoms with Gasteiger partial charge in [-0.15, -0.1) is 0 Å². The molecule has 24 heavy (non-hydrogen) atoms. The summed E-state index contributed by atoms with van der Waals surface area (Å²) in [6.07, 6.45) is 0. The van der Waals surface area contributed by atoms with Crippen LogP contribution >= 0.6 is 23.2 Å². The van der Waals surface area contributed by atoms with Gasteiger partial charge in [-0.2, -0.15) is 0 Å². The number of hydrogen-bond acceptors (Lipinski definition) is 3. The lowest BCUT2D eigenvalue weighted by molar-refractivity contribution is 0.194. The molecule has 2 aromatic rings. The Bertz CT molecular complexity index is 670. The molecule has 0 bridgehead atoms. The SMILES string of the molecule is CCOc1ccc(Cl)cc1C(c1ccc(Cl)cc1)N1CCNCC1. The molecule has 1 saturated heterocycles. The van der Waals surface area contributed by atoms with Crippen LogP contribution in [-0.4, -0.2) is 37.7 Å². The van der Waals surface area contributed by atoms with Gasteiger partial charge in [0.2, 0.25) is 0 Å². The van der Waals surface area contributed by atoms with Crippen LogP contribution in [0.2, 0.25) is 10.0 Å². The summed E-state index contributed by atoms with van der Waals surface area (Å²) in [6, 6.07) is 14.0. The van der Waals surface area contributed by atoms with Gasteiger partial charge in [0.05, 0.1) is 12.6 Å². The molecule has 1 atom stereocenters. The highest BCUT2D eigenvalue weighted by Crippen LogP contribution is 2.37. The second kappa shape index (κ2) is 8.21. The van der Waals surface area contributed by atoms with Crippen molar-refractivity contribution in [2.75, 3.05) is 32.8 Å². The molecule has 1 aliphatic heterocycles. The van der Waals surface area contributed by atoms with Crippen LogP contribution in [0.3, 0.4) is 0 Å². The zero-order valence-corrected chi connectivity index (χ0v) is 15.3. The molecule has 1 fully saturated rings. The van der Waals surface area contributed by atoms with Gasteiger partial charge >= 0.3 is 0 Å². The van der Waals surface area contributed by atoms with E-state index in [2.05, 4.69) is 22.3 Å². The smallest absolute Gasteiger partial charge is 0.124 e. The van der Waals surface area contributed by atoms with Gasteiger partial charge in [-0.25, -0.2) is 0 Å². The quantitative estimate of drug-likeness (QED) is 0.851. The third-order valence-corrected chi connectivity index (χ3v) is 4.76. The Labute approximate surface area is 153 Å². The molecular formula is C19H22Cl2N2O. The second-order valence-corrected chi connectivity index (χ2v) is 6.73. The first kappa shape index (κ1) is 17.6. The Hall–Kier alpha value is -1.26. The van der Waals surface area contributed by atoms with Crippen LogP contribution < -0.4 is 10.1 Å². The highest BCUT2D eigenvalue weighted by atomic mass is 35.5. The third kappa shape index (κ3) is 4.04. The molecule has 128 valence electrons. The largest absolute Gasteiger partial charge is 0.494 e. The van der Waals surface area contributed by atoms with Crippen molar-refractivity contribution in [2.45, 2.75) is 13.0 Å². The third-order valence-electron chi connectivity index (χ3n) is 4.27. The molecule has 0 radical (unpaired) electrons. The van der Waals surface area contributed by atoms with Gasteiger partial charge in [0.1, 0.15) is 5.75 Å². The van der Waals surface area contributed by atoms with E-state index in [1.165, 1.54) is 5.56 Å². The molecule has 0 saturated carbocycles. The summed E-state index contributed by atoms with van der Waals surface area (Å²) in [5.41, 5.74) is 2.30. The van der Waals surface area contributed by atoms with Crippen molar-refractivity contribution in [3.8, 4) is 5.75 Å². The zero-order chi connectivity index (χ0) is 16.9. The van der Waals surface area contributed by atoms with Crippen molar-refractivity contribution in [3.05, 3.63) is 63.6 Å². The van der Waals surface area contributed by atoms with E-state index in [0.717, 1.165) is 47.5 Å². The summed E-state index contributed by atoms with van der Waals surface area (Å²) < 4.78 is 5.88. The summed E-state index contributed by atoms with van der Waals surface area (Å²) in [4.78, 5) is 2.47. The fraction of sp³-hybridized carbons (Fsp3) is 0.368. The number of benzene rings is 2. The monoisotopic (exact) mass is 364 g/mol. The number of nitrogens with one attached hydrogen (secondary N) is 1. The van der Waals surface area contributed by atoms with Crippen LogP contribution in [0.5, 0.6) is 5.75 Å². The van der Waals surface area contributed by atoms with Gasteiger partial charge in [0.25, 0.3) is 0 Å². The summed E-state index contributed by atoms with van der Waals surface area (Å²) >= 11 is 12.4. The van der Waals surface area contributed by atoms with Crippen LogP contribution in [0.4, 0.5) is 0 Å². The predicted molar refractivity (Wildman–Crippen MR) is 100 cm³/mol. The maximum Gasteiger partial charge on any atom is 0.124 e. The molecule has 0 aromatic heterocycles. The molecule has 1 N–H and O–H groups in total. The number of nitrogens with zero attached hydrogens (tertiary/aromatic N) is 1. The molecule has 2 aromatic carbocycles. The van der Waals surface area contributed by atoms with Gasteiger partial charge < -0.3 is 10.1 Å². The normalized spacial score (nSPS) is 16.8. The highest BCUT2D eigenvalue weighted by molar-refractivity contribution is 6.31. The van der Waals surface area contributed by atoms with Gasteiger partial charge in [-0.3, -0.25) is 4.90 Å². The lowest BCUT2D eigenvalue weighted by atomic mass is 9.95. The standard InChI is InChI=1S/C19H22Cl2N2O/c1-2-24-18-8-7-16(21)13-17(18)19(23-11-9-22-10-12-23)14-3-5-15(20)6-4-14/h3-8,13,19,22H,2,9-12H2,1H3. The first-order valence-electron chi connectivity index (χ1n) is 8.31. The number of ether oxygens (including phenoxy) is 1. The van der Waals surface area contributed by atoms with E-state index in [1.807, 2.05) is 37.3 Å². The van der Waals surface area contributed by atoms with Crippen molar-refractivity contribution in [1.82, 2.24) is 10.2 Å². The Kier molecular flexibility index (Phi) is 6.01. The van der Waals surface area contributed by atoms with Crippen molar-refractivity contribution in [3.63, 3.8) is 0 Å². The molecule has 0 spiro atoms. The van der Waals surface area contributed by atoms with E-state index in [9.17, 15) is 0 Å². The number of hydrogen-bond donors (Lipinski definition) is 1. The van der Waals surface area contributed by atoms with E-state index in [-0.39, 0.29) is 6.04 Å². The van der Waals surface area contributed by atoms with Gasteiger partial charge in [-0.05, 0) is 42.8 Å². The number of rotatable bonds is 5. The minimum Gasteiger partial charge on any atom is -0.494 e. The van der Waals surface area contributed by atoms with Crippen molar-refractivity contribution < 1.29 is 4.74 Å². The summed E-state index contributed by atoms with van der Waals surface area (Å²) in [5, 5.41) is 4.88. The maximum absolute atomic E-state index is 6.31. The topological polar surface area (TPSA) is 24.5 Å². The lowest BCUT2D eigenvalue weighted by Gasteiger charge is -2.36.